The van der Waals surface area contributed by atoms with Crippen LogP contribution in [-0.2, 0) is 4.79 Å². The Kier molecular flexibility index (Phi) is 9.66. The summed E-state index contributed by atoms with van der Waals surface area (Å²) in [5, 5.41) is 3.95. The lowest BCUT2D eigenvalue weighted by Gasteiger charge is -2.09. The van der Waals surface area contributed by atoms with E-state index < -0.39 is 11.9 Å². The number of carbonyl (C=O) groups is 2. The zero-order valence-corrected chi connectivity index (χ0v) is 20.3. The summed E-state index contributed by atoms with van der Waals surface area (Å²) >= 11 is 3.38. The van der Waals surface area contributed by atoms with Crippen LogP contribution in [0.25, 0.3) is 0 Å². The quantitative estimate of drug-likeness (QED) is 0.120. The molecule has 0 aliphatic carbocycles. The van der Waals surface area contributed by atoms with Crippen LogP contribution >= 0.6 is 15.9 Å². The standard InChI is InChI=1S/C26H25BrN2O5/c1-2-3-15-32-22-10-12-23(13-11-22)33-18-25(30)29-28-17-20-16-21(27)9-14-24(20)34-26(31)19-7-5-4-6-8-19/h4-14,16-17H,2-3,15,18H2,1H3,(H,29,30). The summed E-state index contributed by atoms with van der Waals surface area (Å²) in [7, 11) is 0. The molecule has 3 aromatic carbocycles. The van der Waals surface area contributed by atoms with Crippen molar-refractivity contribution in [3.05, 3.63) is 88.4 Å². The van der Waals surface area contributed by atoms with Crippen LogP contribution in [-0.4, -0.2) is 31.3 Å². The first-order valence-corrected chi connectivity index (χ1v) is 11.6. The number of unbranched alkanes of at least 4 members (excludes halogenated alkanes) is 1. The Morgan fingerprint density at radius 2 is 1.68 bits per heavy atom. The minimum atomic E-state index is -0.489. The third-order valence-electron chi connectivity index (χ3n) is 4.54. The number of benzene rings is 3. The molecule has 0 aliphatic heterocycles. The molecule has 0 saturated carbocycles. The van der Waals surface area contributed by atoms with Crippen molar-refractivity contribution >= 4 is 34.0 Å². The Balaban J connectivity index is 1.52. The first kappa shape index (κ1) is 25.0. The highest BCUT2D eigenvalue weighted by atomic mass is 79.9. The molecule has 0 spiro atoms. The van der Waals surface area contributed by atoms with Gasteiger partial charge in [0.05, 0.1) is 18.4 Å². The molecule has 0 heterocycles. The summed E-state index contributed by atoms with van der Waals surface area (Å²) in [6.45, 7) is 2.57. The number of ether oxygens (including phenoxy) is 3. The van der Waals surface area contributed by atoms with Gasteiger partial charge in [-0.3, -0.25) is 4.79 Å². The Hall–Kier alpha value is -3.65. The number of hydrazone groups is 1. The van der Waals surface area contributed by atoms with Crippen LogP contribution in [0.4, 0.5) is 0 Å². The molecule has 34 heavy (non-hydrogen) atoms. The summed E-state index contributed by atoms with van der Waals surface area (Å²) < 4.78 is 17.3. The van der Waals surface area contributed by atoms with E-state index in [4.69, 9.17) is 14.2 Å². The third kappa shape index (κ3) is 8.04. The van der Waals surface area contributed by atoms with Crippen LogP contribution < -0.4 is 19.6 Å². The largest absolute Gasteiger partial charge is 0.494 e. The second-order valence-electron chi connectivity index (χ2n) is 7.19. The molecule has 176 valence electrons. The molecule has 0 fully saturated rings. The first-order valence-electron chi connectivity index (χ1n) is 10.8. The zero-order chi connectivity index (χ0) is 24.2. The number of amides is 1. The highest BCUT2D eigenvalue weighted by Crippen LogP contribution is 2.23. The van der Waals surface area contributed by atoms with Gasteiger partial charge in [0.15, 0.2) is 6.61 Å². The minimum Gasteiger partial charge on any atom is -0.494 e. The fourth-order valence-electron chi connectivity index (χ4n) is 2.77. The molecular weight excluding hydrogens is 500 g/mol. The van der Waals surface area contributed by atoms with Gasteiger partial charge in [-0.15, -0.1) is 0 Å². The summed E-state index contributed by atoms with van der Waals surface area (Å²) in [5.74, 6) is 0.693. The van der Waals surface area contributed by atoms with Crippen LogP contribution in [0.3, 0.4) is 0 Å². The molecule has 1 amide bonds. The van der Waals surface area contributed by atoms with Crippen molar-refractivity contribution in [1.82, 2.24) is 5.43 Å². The average Bonchev–Trinajstić information content (AvgIpc) is 2.86. The Morgan fingerprint density at radius 1 is 0.971 bits per heavy atom. The average molecular weight is 525 g/mol. The van der Waals surface area contributed by atoms with E-state index in [0.29, 0.717) is 29.2 Å². The van der Waals surface area contributed by atoms with Gasteiger partial charge in [-0.1, -0.05) is 47.5 Å². The smallest absolute Gasteiger partial charge is 0.343 e. The highest BCUT2D eigenvalue weighted by molar-refractivity contribution is 9.10. The fourth-order valence-corrected chi connectivity index (χ4v) is 3.15. The lowest BCUT2D eigenvalue weighted by atomic mass is 10.2. The van der Waals surface area contributed by atoms with E-state index in [2.05, 4.69) is 33.4 Å². The number of nitrogens with one attached hydrogen (secondary N) is 1. The van der Waals surface area contributed by atoms with E-state index >= 15 is 0 Å². The molecule has 3 aromatic rings. The number of halogens is 1. The Bertz CT molecular complexity index is 1120. The Morgan fingerprint density at radius 3 is 2.38 bits per heavy atom. The molecular formula is C26H25BrN2O5. The first-order chi connectivity index (χ1) is 16.5. The van der Waals surface area contributed by atoms with Gasteiger partial charge in [0.1, 0.15) is 17.2 Å². The van der Waals surface area contributed by atoms with Crippen LogP contribution in [0.5, 0.6) is 17.2 Å². The summed E-state index contributed by atoms with van der Waals surface area (Å²) in [6.07, 6.45) is 3.47. The van der Waals surface area contributed by atoms with Crippen molar-refractivity contribution in [2.24, 2.45) is 5.10 Å². The molecule has 8 heteroatoms. The number of carbonyl (C=O) groups excluding carboxylic acids is 2. The van der Waals surface area contributed by atoms with E-state index in [0.717, 1.165) is 23.1 Å². The molecule has 0 atom stereocenters. The normalized spacial score (nSPS) is 10.6. The molecule has 0 unspecified atom stereocenters. The molecule has 7 nitrogen and oxygen atoms in total. The zero-order valence-electron chi connectivity index (χ0n) is 18.7. The van der Waals surface area contributed by atoms with Crippen molar-refractivity contribution in [2.75, 3.05) is 13.2 Å². The predicted molar refractivity (Wildman–Crippen MR) is 134 cm³/mol. The van der Waals surface area contributed by atoms with Gasteiger partial charge in [0.2, 0.25) is 0 Å². The fraction of sp³-hybridized carbons (Fsp3) is 0.192. The van der Waals surface area contributed by atoms with Gasteiger partial charge in [0, 0.05) is 10.0 Å². The molecule has 0 aliphatic rings. The van der Waals surface area contributed by atoms with E-state index in [1.54, 1.807) is 66.7 Å². The number of nitrogens with zero attached hydrogens (tertiary/aromatic N) is 1. The van der Waals surface area contributed by atoms with Crippen LogP contribution in [0, 0.1) is 0 Å². The number of esters is 1. The number of rotatable bonds is 11. The maximum absolute atomic E-state index is 12.4. The van der Waals surface area contributed by atoms with E-state index in [9.17, 15) is 9.59 Å². The van der Waals surface area contributed by atoms with Gasteiger partial charge < -0.3 is 14.2 Å². The van der Waals surface area contributed by atoms with Gasteiger partial charge in [-0.05, 0) is 61.0 Å². The molecule has 1 N–H and O–H groups in total. The monoisotopic (exact) mass is 524 g/mol. The second-order valence-corrected chi connectivity index (χ2v) is 8.11. The van der Waals surface area contributed by atoms with Crippen LogP contribution in [0.1, 0.15) is 35.7 Å². The van der Waals surface area contributed by atoms with Crippen LogP contribution in [0.2, 0.25) is 0 Å². The van der Waals surface area contributed by atoms with E-state index in [-0.39, 0.29) is 6.61 Å². The Labute approximate surface area is 206 Å². The minimum absolute atomic E-state index is 0.207. The highest BCUT2D eigenvalue weighted by Gasteiger charge is 2.11. The van der Waals surface area contributed by atoms with Crippen molar-refractivity contribution in [3.63, 3.8) is 0 Å². The van der Waals surface area contributed by atoms with Crippen molar-refractivity contribution in [3.8, 4) is 17.2 Å². The molecule has 0 aromatic heterocycles. The molecule has 0 radical (unpaired) electrons. The van der Waals surface area contributed by atoms with E-state index in [1.165, 1.54) is 6.21 Å². The maximum Gasteiger partial charge on any atom is 0.343 e. The summed E-state index contributed by atoms with van der Waals surface area (Å²) in [6, 6.07) is 20.9. The van der Waals surface area contributed by atoms with Crippen LogP contribution in [0.15, 0.2) is 82.4 Å². The van der Waals surface area contributed by atoms with Crippen molar-refractivity contribution < 1.29 is 23.8 Å². The van der Waals surface area contributed by atoms with Crippen molar-refractivity contribution in [1.29, 1.82) is 0 Å². The third-order valence-corrected chi connectivity index (χ3v) is 5.03. The SMILES string of the molecule is CCCCOc1ccc(OCC(=O)NN=Cc2cc(Br)ccc2OC(=O)c2ccccc2)cc1. The summed E-state index contributed by atoms with van der Waals surface area (Å²) in [4.78, 5) is 24.5. The molecule has 0 bridgehead atoms. The van der Waals surface area contributed by atoms with Gasteiger partial charge in [0.25, 0.3) is 5.91 Å². The number of hydrogen-bond acceptors (Lipinski definition) is 6. The summed E-state index contributed by atoms with van der Waals surface area (Å²) in [5.41, 5.74) is 3.35. The topological polar surface area (TPSA) is 86.2 Å². The molecule has 3 rings (SSSR count). The lowest BCUT2D eigenvalue weighted by Crippen LogP contribution is -2.24. The second kappa shape index (κ2) is 13.2. The maximum atomic E-state index is 12.4. The van der Waals surface area contributed by atoms with Gasteiger partial charge in [-0.2, -0.15) is 5.10 Å². The van der Waals surface area contributed by atoms with Gasteiger partial charge >= 0.3 is 5.97 Å². The van der Waals surface area contributed by atoms with E-state index in [1.807, 2.05) is 6.07 Å². The van der Waals surface area contributed by atoms with Gasteiger partial charge in [-0.25, -0.2) is 10.2 Å². The van der Waals surface area contributed by atoms with Crippen molar-refractivity contribution in [2.45, 2.75) is 19.8 Å². The number of hydrogen-bond donors (Lipinski definition) is 1. The molecule has 0 saturated heterocycles. The lowest BCUT2D eigenvalue weighted by molar-refractivity contribution is -0.123. The predicted octanol–water partition coefficient (Wildman–Crippen LogP) is 5.38.